The number of nitrogens with one attached hydrogen (secondary N) is 1. The van der Waals surface area contributed by atoms with Gasteiger partial charge in [-0.05, 0) is 54.7 Å². The van der Waals surface area contributed by atoms with E-state index in [2.05, 4.69) is 15.2 Å². The number of halogens is 4. The number of alkyl halides is 2. The second kappa shape index (κ2) is 9.88. The summed E-state index contributed by atoms with van der Waals surface area (Å²) in [5, 5.41) is 7.47. The minimum absolute atomic E-state index is 0.0212. The van der Waals surface area contributed by atoms with Crippen LogP contribution in [-0.2, 0) is 17.9 Å². The number of amides is 1. The molecule has 12 heteroatoms. The van der Waals surface area contributed by atoms with Crippen molar-refractivity contribution in [3.8, 4) is 11.5 Å². The van der Waals surface area contributed by atoms with Gasteiger partial charge in [-0.1, -0.05) is 23.2 Å². The molecule has 1 amide bonds. The Morgan fingerprint density at radius 1 is 1.23 bits per heavy atom. The van der Waals surface area contributed by atoms with Crippen LogP contribution < -0.4 is 14.8 Å². The van der Waals surface area contributed by atoms with E-state index in [0.29, 0.717) is 21.5 Å². The highest BCUT2D eigenvalue weighted by atomic mass is 35.5. The lowest BCUT2D eigenvalue weighted by Gasteiger charge is -2.07. The third-order valence-electron chi connectivity index (χ3n) is 3.55. The molecule has 0 radical (unpaired) electrons. The molecule has 0 aliphatic heterocycles. The van der Waals surface area contributed by atoms with Gasteiger partial charge >= 0.3 is 6.61 Å². The molecule has 3 aromatic rings. The van der Waals surface area contributed by atoms with Gasteiger partial charge in [0.05, 0.1) is 5.02 Å². The lowest BCUT2D eigenvalue weighted by Crippen LogP contribution is -2.19. The molecule has 7 nitrogen and oxygen atoms in total. The predicted octanol–water partition coefficient (Wildman–Crippen LogP) is 5.33. The fourth-order valence-electron chi connectivity index (χ4n) is 2.30. The van der Waals surface area contributed by atoms with Gasteiger partial charge in [-0.15, -0.1) is 5.10 Å². The Hall–Kier alpha value is -2.69. The zero-order valence-corrected chi connectivity index (χ0v) is 17.3. The average Bonchev–Trinajstić information content (AvgIpc) is 3.01. The second-order valence-corrected chi connectivity index (χ2v) is 6.93. The van der Waals surface area contributed by atoms with Crippen LogP contribution in [0.25, 0.3) is 0 Å². The molecule has 0 bridgehead atoms. The lowest BCUT2D eigenvalue weighted by molar-refractivity contribution is -0.117. The van der Waals surface area contributed by atoms with E-state index in [9.17, 15) is 13.6 Å². The Morgan fingerprint density at radius 3 is 2.63 bits per heavy atom. The van der Waals surface area contributed by atoms with Gasteiger partial charge in [0.1, 0.15) is 18.0 Å². The van der Waals surface area contributed by atoms with Crippen LogP contribution in [0.5, 0.6) is 11.5 Å². The second-order valence-electron chi connectivity index (χ2n) is 5.73. The molecule has 2 aromatic carbocycles. The largest absolute Gasteiger partial charge is 0.482 e. The molecule has 0 unspecified atom stereocenters. The van der Waals surface area contributed by atoms with E-state index in [4.69, 9.17) is 44.6 Å². The first-order chi connectivity index (χ1) is 14.3. The fraction of sp³-hybridized carbons (Fsp3) is 0.167. The molecule has 158 valence electrons. The summed E-state index contributed by atoms with van der Waals surface area (Å²) in [5.41, 5.74) is 0.387. The summed E-state index contributed by atoms with van der Waals surface area (Å²) in [6.07, 6.45) is 0. The van der Waals surface area contributed by atoms with Gasteiger partial charge in [0.15, 0.2) is 6.61 Å². The van der Waals surface area contributed by atoms with Gasteiger partial charge in [0.25, 0.3) is 10.7 Å². The maximum absolute atomic E-state index is 12.2. The Labute approximate surface area is 184 Å². The number of rotatable bonds is 8. The summed E-state index contributed by atoms with van der Waals surface area (Å²) in [6.45, 7) is -3.21. The van der Waals surface area contributed by atoms with Crippen molar-refractivity contribution in [2.45, 2.75) is 19.8 Å². The molecule has 0 aliphatic carbocycles. The first-order valence-corrected chi connectivity index (χ1v) is 9.46. The van der Waals surface area contributed by atoms with Gasteiger partial charge in [-0.2, -0.15) is 8.78 Å². The quantitative estimate of drug-likeness (QED) is 0.443. The van der Waals surface area contributed by atoms with Crippen molar-refractivity contribution in [1.82, 2.24) is 9.78 Å². The standard InChI is InChI=1S/C18H13Cl2F2N3O4S/c19-10-1-6-14(13(20)7-10)27-9-16-24-25(18(30)29-16)8-15(26)23-11-2-4-12(5-3-11)28-17(21)22/h1-7,17H,8-9H2,(H,23,26). The molecule has 3 rings (SSSR count). The summed E-state index contributed by atoms with van der Waals surface area (Å²) in [7, 11) is 0. The van der Waals surface area contributed by atoms with Crippen molar-refractivity contribution in [3.63, 3.8) is 0 Å². The highest BCUT2D eigenvalue weighted by Crippen LogP contribution is 2.28. The third kappa shape index (κ3) is 6.15. The fourth-order valence-corrected chi connectivity index (χ4v) is 2.96. The monoisotopic (exact) mass is 475 g/mol. The molecule has 0 spiro atoms. The summed E-state index contributed by atoms with van der Waals surface area (Å²) in [4.78, 5) is 12.2. The Balaban J connectivity index is 1.57. The molecular weight excluding hydrogens is 463 g/mol. The molecule has 1 aromatic heterocycles. The van der Waals surface area contributed by atoms with Gasteiger partial charge in [0.2, 0.25) is 5.91 Å². The van der Waals surface area contributed by atoms with Gasteiger partial charge in [-0.25, -0.2) is 4.68 Å². The zero-order valence-electron chi connectivity index (χ0n) is 15.0. The van der Waals surface area contributed by atoms with Gasteiger partial charge in [0, 0.05) is 10.7 Å². The number of ether oxygens (including phenoxy) is 2. The van der Waals surface area contributed by atoms with Crippen LogP contribution >= 0.6 is 35.4 Å². The van der Waals surface area contributed by atoms with E-state index in [-0.39, 0.29) is 29.6 Å². The number of anilines is 1. The van der Waals surface area contributed by atoms with Crippen LogP contribution in [0.1, 0.15) is 5.89 Å². The summed E-state index contributed by atoms with van der Waals surface area (Å²) in [6, 6.07) is 10.2. The SMILES string of the molecule is O=C(Cn1nc(COc2ccc(Cl)cc2Cl)oc1=S)Nc1ccc(OC(F)F)cc1. The van der Waals surface area contributed by atoms with Crippen LogP contribution in [0.3, 0.4) is 0 Å². The Bertz CT molecular complexity index is 1090. The third-order valence-corrected chi connectivity index (χ3v) is 4.37. The minimum Gasteiger partial charge on any atom is -0.482 e. The van der Waals surface area contributed by atoms with Crippen molar-refractivity contribution in [2.75, 3.05) is 5.32 Å². The van der Waals surface area contributed by atoms with E-state index in [1.807, 2.05) is 0 Å². The number of nitrogens with zero attached hydrogens (tertiary/aromatic N) is 2. The van der Waals surface area contributed by atoms with Gasteiger partial charge < -0.3 is 19.2 Å². The van der Waals surface area contributed by atoms with Crippen LogP contribution in [0.2, 0.25) is 10.0 Å². The predicted molar refractivity (Wildman–Crippen MR) is 108 cm³/mol. The number of aromatic nitrogens is 2. The van der Waals surface area contributed by atoms with Crippen LogP contribution in [-0.4, -0.2) is 22.3 Å². The maximum atomic E-state index is 12.2. The normalized spacial score (nSPS) is 10.8. The highest BCUT2D eigenvalue weighted by Gasteiger charge is 2.12. The molecule has 0 fully saturated rings. The molecule has 1 heterocycles. The van der Waals surface area contributed by atoms with Crippen molar-refractivity contribution in [2.24, 2.45) is 0 Å². The van der Waals surface area contributed by atoms with Crippen LogP contribution in [0.4, 0.5) is 14.5 Å². The van der Waals surface area contributed by atoms with E-state index >= 15 is 0 Å². The van der Waals surface area contributed by atoms with Gasteiger partial charge in [-0.3, -0.25) is 4.79 Å². The molecular formula is C18H13Cl2F2N3O4S. The maximum Gasteiger partial charge on any atom is 0.387 e. The summed E-state index contributed by atoms with van der Waals surface area (Å²) in [5.74, 6) is 0.0587. The number of hydrogen-bond acceptors (Lipinski definition) is 6. The molecule has 0 saturated heterocycles. The van der Waals surface area contributed by atoms with E-state index in [1.165, 1.54) is 35.0 Å². The van der Waals surface area contributed by atoms with E-state index < -0.39 is 12.5 Å². The molecule has 1 N–H and O–H groups in total. The molecule has 0 atom stereocenters. The van der Waals surface area contributed by atoms with E-state index in [1.54, 1.807) is 12.1 Å². The van der Waals surface area contributed by atoms with Crippen LogP contribution in [0.15, 0.2) is 46.9 Å². The summed E-state index contributed by atoms with van der Waals surface area (Å²) >= 11 is 16.9. The highest BCUT2D eigenvalue weighted by molar-refractivity contribution is 7.71. The molecule has 30 heavy (non-hydrogen) atoms. The zero-order chi connectivity index (χ0) is 21.7. The first-order valence-electron chi connectivity index (χ1n) is 8.29. The first kappa shape index (κ1) is 22.0. The molecule has 0 aliphatic rings. The Kier molecular flexibility index (Phi) is 7.24. The molecule has 0 saturated carbocycles. The topological polar surface area (TPSA) is 78.5 Å². The van der Waals surface area contributed by atoms with Crippen molar-refractivity contribution in [1.29, 1.82) is 0 Å². The summed E-state index contributed by atoms with van der Waals surface area (Å²) < 4.78 is 40.6. The lowest BCUT2D eigenvalue weighted by atomic mass is 10.3. The van der Waals surface area contributed by atoms with Crippen molar-refractivity contribution < 1.29 is 27.5 Å². The minimum atomic E-state index is -2.92. The van der Waals surface area contributed by atoms with Crippen molar-refractivity contribution >= 4 is 47.0 Å². The van der Waals surface area contributed by atoms with Crippen molar-refractivity contribution in [3.05, 3.63) is 63.2 Å². The Morgan fingerprint density at radius 2 is 1.97 bits per heavy atom. The van der Waals surface area contributed by atoms with Crippen LogP contribution in [0, 0.1) is 4.84 Å². The number of carbonyl (C=O) groups excluding carboxylic acids is 1. The number of carbonyl (C=O) groups is 1. The average molecular weight is 476 g/mol. The number of benzene rings is 2. The van der Waals surface area contributed by atoms with E-state index in [0.717, 1.165) is 0 Å². The smallest absolute Gasteiger partial charge is 0.387 e. The number of hydrogen-bond donors (Lipinski definition) is 1.